The predicted molar refractivity (Wildman–Crippen MR) is 114 cm³/mol. The molecule has 10 heteroatoms. The fourth-order valence-electron chi connectivity index (χ4n) is 2.94. The quantitative estimate of drug-likeness (QED) is 0.631. The van der Waals surface area contributed by atoms with Crippen molar-refractivity contribution < 1.29 is 26.8 Å². The van der Waals surface area contributed by atoms with Crippen LogP contribution in [-0.4, -0.2) is 50.5 Å². The molecule has 2 rings (SSSR count). The maximum absolute atomic E-state index is 14.3. The number of hydrogen-bond acceptors (Lipinski definition) is 4. The third-order valence-corrected chi connectivity index (χ3v) is 5.71. The van der Waals surface area contributed by atoms with Gasteiger partial charge in [0.15, 0.2) is 0 Å². The second kappa shape index (κ2) is 10.3. The Hall–Kier alpha value is -3.01. The van der Waals surface area contributed by atoms with Gasteiger partial charge in [0.2, 0.25) is 21.8 Å². The monoisotopic (exact) mass is 453 g/mol. The first-order valence-electron chi connectivity index (χ1n) is 9.58. The number of hydrogen-bond donors (Lipinski definition) is 1. The van der Waals surface area contributed by atoms with Gasteiger partial charge in [0.05, 0.1) is 11.9 Å². The second-order valence-corrected chi connectivity index (χ2v) is 8.85. The van der Waals surface area contributed by atoms with Gasteiger partial charge in [-0.15, -0.1) is 0 Å². The number of anilines is 1. The minimum absolute atomic E-state index is 0.0632. The third-order valence-electron chi connectivity index (χ3n) is 4.58. The number of carbonyl (C=O) groups is 2. The van der Waals surface area contributed by atoms with E-state index < -0.39 is 46.1 Å². The number of benzene rings is 2. The molecule has 0 bridgehead atoms. The first-order chi connectivity index (χ1) is 14.5. The summed E-state index contributed by atoms with van der Waals surface area (Å²) in [6.45, 7) is 2.80. The van der Waals surface area contributed by atoms with Crippen molar-refractivity contribution in [2.45, 2.75) is 26.4 Å². The summed E-state index contributed by atoms with van der Waals surface area (Å²) in [4.78, 5) is 26.7. The van der Waals surface area contributed by atoms with E-state index in [1.54, 1.807) is 6.92 Å². The Kier molecular flexibility index (Phi) is 8.09. The molecule has 168 valence electrons. The molecule has 1 N–H and O–H groups in total. The van der Waals surface area contributed by atoms with Crippen LogP contribution in [0.4, 0.5) is 14.5 Å². The average Bonchev–Trinajstić information content (AvgIpc) is 2.71. The maximum Gasteiger partial charge on any atom is 0.244 e. The summed E-state index contributed by atoms with van der Waals surface area (Å²) in [5.41, 5.74) is 0.272. The molecule has 31 heavy (non-hydrogen) atoms. The average molecular weight is 454 g/mol. The van der Waals surface area contributed by atoms with E-state index in [1.807, 2.05) is 0 Å². The Morgan fingerprint density at radius 1 is 1.06 bits per heavy atom. The van der Waals surface area contributed by atoms with Crippen LogP contribution in [0.3, 0.4) is 0 Å². The van der Waals surface area contributed by atoms with E-state index >= 15 is 0 Å². The van der Waals surface area contributed by atoms with Crippen molar-refractivity contribution in [1.29, 1.82) is 0 Å². The highest BCUT2D eigenvalue weighted by molar-refractivity contribution is 7.92. The molecule has 0 spiro atoms. The van der Waals surface area contributed by atoms with E-state index in [2.05, 4.69) is 5.32 Å². The van der Waals surface area contributed by atoms with Gasteiger partial charge in [0.25, 0.3) is 0 Å². The molecule has 7 nitrogen and oxygen atoms in total. The van der Waals surface area contributed by atoms with Crippen molar-refractivity contribution in [2.75, 3.05) is 23.7 Å². The number of nitrogens with one attached hydrogen (secondary N) is 1. The molecule has 0 aliphatic carbocycles. The van der Waals surface area contributed by atoms with Gasteiger partial charge >= 0.3 is 0 Å². The van der Waals surface area contributed by atoms with E-state index in [0.29, 0.717) is 16.4 Å². The SMILES string of the molecule is CCNC(=O)[C@@H](C)N(Cc1ccc(F)cc1)C(=O)CN(c1ccccc1F)S(C)(=O)=O. The van der Waals surface area contributed by atoms with Crippen LogP contribution in [0.5, 0.6) is 0 Å². The number of para-hydroxylation sites is 1. The Bertz CT molecular complexity index is 1030. The number of amides is 2. The Labute approximate surface area is 180 Å². The van der Waals surface area contributed by atoms with E-state index in [1.165, 1.54) is 54.3 Å². The molecule has 2 aromatic carbocycles. The van der Waals surface area contributed by atoms with Crippen molar-refractivity contribution >= 4 is 27.5 Å². The fraction of sp³-hybridized carbons (Fsp3) is 0.333. The van der Waals surface area contributed by atoms with Crippen LogP contribution in [0, 0.1) is 11.6 Å². The number of sulfonamides is 1. The van der Waals surface area contributed by atoms with Gasteiger partial charge in [-0.25, -0.2) is 17.2 Å². The van der Waals surface area contributed by atoms with Crippen molar-refractivity contribution in [3.05, 3.63) is 65.7 Å². The highest BCUT2D eigenvalue weighted by Gasteiger charge is 2.30. The Balaban J connectivity index is 2.38. The zero-order valence-electron chi connectivity index (χ0n) is 17.5. The van der Waals surface area contributed by atoms with E-state index in [9.17, 15) is 26.8 Å². The van der Waals surface area contributed by atoms with Crippen molar-refractivity contribution in [1.82, 2.24) is 10.2 Å². The smallest absolute Gasteiger partial charge is 0.244 e. The van der Waals surface area contributed by atoms with Gasteiger partial charge in [-0.3, -0.25) is 13.9 Å². The van der Waals surface area contributed by atoms with Crippen molar-refractivity contribution in [2.24, 2.45) is 0 Å². The van der Waals surface area contributed by atoms with Crippen LogP contribution in [-0.2, 0) is 26.2 Å². The topological polar surface area (TPSA) is 86.8 Å². The van der Waals surface area contributed by atoms with Gasteiger partial charge in [0, 0.05) is 13.1 Å². The highest BCUT2D eigenvalue weighted by Crippen LogP contribution is 2.22. The molecule has 0 fully saturated rings. The van der Waals surface area contributed by atoms with Gasteiger partial charge in [-0.05, 0) is 43.7 Å². The minimum Gasteiger partial charge on any atom is -0.355 e. The summed E-state index contributed by atoms with van der Waals surface area (Å²) < 4.78 is 52.8. The zero-order valence-corrected chi connectivity index (χ0v) is 18.3. The van der Waals surface area contributed by atoms with E-state index in [-0.39, 0.29) is 12.2 Å². The molecule has 0 unspecified atom stereocenters. The van der Waals surface area contributed by atoms with Crippen LogP contribution in [0.15, 0.2) is 48.5 Å². The maximum atomic E-state index is 14.3. The summed E-state index contributed by atoms with van der Waals surface area (Å²) in [7, 11) is -4.01. The number of nitrogens with zero attached hydrogens (tertiary/aromatic N) is 2. The van der Waals surface area contributed by atoms with Crippen molar-refractivity contribution in [3.63, 3.8) is 0 Å². The number of likely N-dealkylation sites (N-methyl/N-ethyl adjacent to an activating group) is 1. The lowest BCUT2D eigenvalue weighted by Gasteiger charge is -2.31. The largest absolute Gasteiger partial charge is 0.355 e. The lowest BCUT2D eigenvalue weighted by atomic mass is 10.1. The Morgan fingerprint density at radius 3 is 2.23 bits per heavy atom. The molecule has 0 radical (unpaired) electrons. The normalized spacial score (nSPS) is 12.2. The molecular weight excluding hydrogens is 428 g/mol. The molecule has 0 aromatic heterocycles. The highest BCUT2D eigenvalue weighted by atomic mass is 32.2. The Morgan fingerprint density at radius 2 is 1.68 bits per heavy atom. The summed E-state index contributed by atoms with van der Waals surface area (Å²) in [6.07, 6.45) is 0.865. The summed E-state index contributed by atoms with van der Waals surface area (Å²) in [5, 5.41) is 2.62. The first-order valence-corrected chi connectivity index (χ1v) is 11.4. The number of rotatable bonds is 9. The molecule has 2 amide bonds. The number of carbonyl (C=O) groups excluding carboxylic acids is 2. The van der Waals surface area contributed by atoms with Gasteiger partial charge in [-0.2, -0.15) is 0 Å². The van der Waals surface area contributed by atoms with Gasteiger partial charge in [0.1, 0.15) is 24.2 Å². The van der Waals surface area contributed by atoms with Gasteiger partial charge < -0.3 is 10.2 Å². The fourth-order valence-corrected chi connectivity index (χ4v) is 3.79. The lowest BCUT2D eigenvalue weighted by Crippen LogP contribution is -2.51. The van der Waals surface area contributed by atoms with Crippen LogP contribution < -0.4 is 9.62 Å². The minimum atomic E-state index is -4.01. The van der Waals surface area contributed by atoms with Crippen LogP contribution >= 0.6 is 0 Å². The predicted octanol–water partition coefficient (Wildman–Crippen LogP) is 2.28. The van der Waals surface area contributed by atoms with Crippen molar-refractivity contribution in [3.8, 4) is 0 Å². The van der Waals surface area contributed by atoms with Crippen LogP contribution in [0.2, 0.25) is 0 Å². The molecule has 1 atom stereocenters. The van der Waals surface area contributed by atoms with Crippen LogP contribution in [0.1, 0.15) is 19.4 Å². The van der Waals surface area contributed by atoms with E-state index in [4.69, 9.17) is 0 Å². The van der Waals surface area contributed by atoms with Gasteiger partial charge in [-0.1, -0.05) is 24.3 Å². The summed E-state index contributed by atoms with van der Waals surface area (Å²) >= 11 is 0. The molecule has 2 aromatic rings. The molecule has 0 aliphatic heterocycles. The molecular formula is C21H25F2N3O4S. The second-order valence-electron chi connectivity index (χ2n) is 6.94. The van der Waals surface area contributed by atoms with Crippen LogP contribution in [0.25, 0.3) is 0 Å². The standard InChI is InChI=1S/C21H25F2N3O4S/c1-4-24-21(28)15(2)25(13-16-9-11-17(22)12-10-16)20(27)14-26(31(3,29)30)19-8-6-5-7-18(19)23/h5-12,15H,4,13-14H2,1-3H3,(H,24,28)/t15-/m1/s1. The summed E-state index contributed by atoms with van der Waals surface area (Å²) in [6, 6.07) is 9.62. The molecule has 0 aliphatic rings. The molecule has 0 saturated heterocycles. The zero-order chi connectivity index (χ0) is 23.2. The third kappa shape index (κ3) is 6.48. The van der Waals surface area contributed by atoms with E-state index in [0.717, 1.165) is 12.3 Å². The summed E-state index contributed by atoms with van der Waals surface area (Å²) in [5.74, 6) is -2.41. The lowest BCUT2D eigenvalue weighted by molar-refractivity contribution is -0.139. The molecule has 0 saturated carbocycles. The molecule has 0 heterocycles. The first kappa shape index (κ1) is 24.3. The number of halogens is 2.